The molecule has 0 bridgehead atoms. The van der Waals surface area contributed by atoms with E-state index in [4.69, 9.17) is 5.73 Å². The van der Waals surface area contributed by atoms with Crippen LogP contribution in [0.5, 0.6) is 0 Å². The van der Waals surface area contributed by atoms with E-state index in [1.807, 2.05) is 0 Å². The Hall–Kier alpha value is -2.97. The van der Waals surface area contributed by atoms with Crippen molar-refractivity contribution in [3.8, 4) is 0 Å². The summed E-state index contributed by atoms with van der Waals surface area (Å²) in [6.07, 6.45) is 1.12. The van der Waals surface area contributed by atoms with Crippen molar-refractivity contribution < 1.29 is 14.2 Å². The van der Waals surface area contributed by atoms with Gasteiger partial charge in [-0.3, -0.25) is 14.9 Å². The van der Waals surface area contributed by atoms with Crippen molar-refractivity contribution in [2.75, 3.05) is 5.73 Å². The second-order valence-corrected chi connectivity index (χ2v) is 3.56. The Morgan fingerprint density at radius 1 is 1.53 bits per heavy atom. The maximum absolute atomic E-state index is 11.9. The van der Waals surface area contributed by atoms with E-state index in [1.165, 1.54) is 18.2 Å². The van der Waals surface area contributed by atoms with Crippen LogP contribution in [0.2, 0.25) is 0 Å². The van der Waals surface area contributed by atoms with Gasteiger partial charge in [0, 0.05) is 11.8 Å². The minimum Gasteiger partial charge on any atom is -0.399 e. The standard InChI is InChI=1S/C10H9N5O4/c11-6-1-2-8(15(17)18)7(3-6)10(16)12-4-9-13-5-19-14-9/h1-3,5H,4,11H2,(H,12,16). The molecule has 0 saturated heterocycles. The minimum absolute atomic E-state index is 0.00128. The number of nitro groups is 1. The van der Waals surface area contributed by atoms with Gasteiger partial charge >= 0.3 is 0 Å². The van der Waals surface area contributed by atoms with Gasteiger partial charge in [0.2, 0.25) is 6.39 Å². The van der Waals surface area contributed by atoms with Gasteiger partial charge in [0.1, 0.15) is 5.56 Å². The Morgan fingerprint density at radius 2 is 2.32 bits per heavy atom. The van der Waals surface area contributed by atoms with Crippen molar-refractivity contribution in [1.82, 2.24) is 15.5 Å². The summed E-state index contributed by atoms with van der Waals surface area (Å²) in [5.41, 5.74) is 5.34. The molecule has 19 heavy (non-hydrogen) atoms. The molecular formula is C10H9N5O4. The summed E-state index contributed by atoms with van der Waals surface area (Å²) in [5, 5.41) is 16.8. The smallest absolute Gasteiger partial charge is 0.282 e. The largest absolute Gasteiger partial charge is 0.399 e. The van der Waals surface area contributed by atoms with E-state index in [0.29, 0.717) is 0 Å². The predicted molar refractivity (Wildman–Crippen MR) is 63.0 cm³/mol. The summed E-state index contributed by atoms with van der Waals surface area (Å²) in [6.45, 7) is 0.00128. The Balaban J connectivity index is 2.18. The zero-order chi connectivity index (χ0) is 13.8. The van der Waals surface area contributed by atoms with Crippen LogP contribution in [0.25, 0.3) is 0 Å². The number of anilines is 1. The normalized spacial score (nSPS) is 10.1. The Bertz CT molecular complexity index is 610. The average molecular weight is 263 g/mol. The maximum atomic E-state index is 11.9. The van der Waals surface area contributed by atoms with Gasteiger partial charge < -0.3 is 15.6 Å². The molecule has 1 heterocycles. The average Bonchev–Trinajstić information content (AvgIpc) is 2.88. The molecule has 98 valence electrons. The number of benzene rings is 1. The summed E-state index contributed by atoms with van der Waals surface area (Å²) in [4.78, 5) is 25.7. The van der Waals surface area contributed by atoms with Gasteiger partial charge in [0.05, 0.1) is 11.5 Å². The van der Waals surface area contributed by atoms with Crippen LogP contribution >= 0.6 is 0 Å². The molecule has 0 saturated carbocycles. The lowest BCUT2D eigenvalue weighted by molar-refractivity contribution is -0.385. The zero-order valence-corrected chi connectivity index (χ0v) is 9.57. The maximum Gasteiger partial charge on any atom is 0.282 e. The van der Waals surface area contributed by atoms with Gasteiger partial charge in [-0.05, 0) is 12.1 Å². The third kappa shape index (κ3) is 2.83. The van der Waals surface area contributed by atoms with Gasteiger partial charge in [0.25, 0.3) is 11.6 Å². The molecule has 0 spiro atoms. The van der Waals surface area contributed by atoms with Crippen molar-refractivity contribution >= 4 is 17.3 Å². The number of carbonyl (C=O) groups is 1. The highest BCUT2D eigenvalue weighted by Gasteiger charge is 2.20. The number of amides is 1. The molecule has 9 heteroatoms. The third-order valence-corrected chi connectivity index (χ3v) is 2.28. The van der Waals surface area contributed by atoms with Gasteiger partial charge in [-0.15, -0.1) is 0 Å². The molecule has 1 aromatic carbocycles. The van der Waals surface area contributed by atoms with Crippen LogP contribution in [0, 0.1) is 10.1 Å². The van der Waals surface area contributed by atoms with E-state index in [9.17, 15) is 14.9 Å². The van der Waals surface area contributed by atoms with E-state index >= 15 is 0 Å². The summed E-state index contributed by atoms with van der Waals surface area (Å²) in [7, 11) is 0. The molecule has 2 aromatic rings. The molecule has 0 atom stereocenters. The number of carbonyl (C=O) groups excluding carboxylic acids is 1. The van der Waals surface area contributed by atoms with E-state index in [1.54, 1.807) is 0 Å². The fraction of sp³-hybridized carbons (Fsp3) is 0.100. The first-order valence-corrected chi connectivity index (χ1v) is 5.15. The fourth-order valence-corrected chi connectivity index (χ4v) is 1.42. The SMILES string of the molecule is Nc1ccc([N+](=O)[O-])c(C(=O)NCc2ncon2)c1. The predicted octanol–water partition coefficient (Wildman–Crippen LogP) is 0.490. The molecule has 0 aliphatic heterocycles. The highest BCUT2D eigenvalue weighted by Crippen LogP contribution is 2.21. The van der Waals surface area contributed by atoms with E-state index in [2.05, 4.69) is 20.0 Å². The third-order valence-electron chi connectivity index (χ3n) is 2.28. The molecule has 1 aromatic heterocycles. The first-order valence-electron chi connectivity index (χ1n) is 5.15. The summed E-state index contributed by atoms with van der Waals surface area (Å²) in [5.74, 6) is -0.372. The van der Waals surface area contributed by atoms with Crippen LogP contribution in [0.3, 0.4) is 0 Å². The Morgan fingerprint density at radius 3 is 2.95 bits per heavy atom. The number of nitrogens with zero attached hydrogens (tertiary/aromatic N) is 3. The van der Waals surface area contributed by atoms with Crippen molar-refractivity contribution in [1.29, 1.82) is 0 Å². The first kappa shape index (κ1) is 12.5. The van der Waals surface area contributed by atoms with Crippen LogP contribution < -0.4 is 11.1 Å². The number of nitrogens with two attached hydrogens (primary N) is 1. The topological polar surface area (TPSA) is 137 Å². The van der Waals surface area contributed by atoms with E-state index < -0.39 is 10.8 Å². The summed E-state index contributed by atoms with van der Waals surface area (Å²) < 4.78 is 4.49. The molecule has 1 amide bonds. The molecule has 0 aliphatic carbocycles. The summed E-state index contributed by atoms with van der Waals surface area (Å²) in [6, 6.07) is 3.77. The number of hydrogen-bond acceptors (Lipinski definition) is 7. The number of nitro benzene ring substituents is 1. The first-order chi connectivity index (χ1) is 9.08. The monoisotopic (exact) mass is 263 g/mol. The molecule has 0 unspecified atom stereocenters. The Kier molecular flexibility index (Phi) is 3.37. The number of aromatic nitrogens is 2. The molecule has 2 rings (SSSR count). The second-order valence-electron chi connectivity index (χ2n) is 3.56. The molecule has 3 N–H and O–H groups in total. The van der Waals surface area contributed by atoms with E-state index in [0.717, 1.165) is 6.39 Å². The zero-order valence-electron chi connectivity index (χ0n) is 9.57. The van der Waals surface area contributed by atoms with Gasteiger partial charge in [0.15, 0.2) is 5.82 Å². The highest BCUT2D eigenvalue weighted by molar-refractivity contribution is 5.98. The van der Waals surface area contributed by atoms with Gasteiger partial charge in [-0.1, -0.05) is 5.16 Å². The molecular weight excluding hydrogens is 254 g/mol. The minimum atomic E-state index is -0.650. The lowest BCUT2D eigenvalue weighted by Gasteiger charge is -2.04. The summed E-state index contributed by atoms with van der Waals surface area (Å²) >= 11 is 0. The molecule has 0 aliphatic rings. The lowest BCUT2D eigenvalue weighted by Crippen LogP contribution is -2.24. The Labute approximate surface area is 106 Å². The number of hydrogen-bond donors (Lipinski definition) is 2. The second kappa shape index (κ2) is 5.12. The lowest BCUT2D eigenvalue weighted by atomic mass is 10.1. The van der Waals surface area contributed by atoms with Crippen LogP contribution in [0.1, 0.15) is 16.2 Å². The van der Waals surface area contributed by atoms with E-state index in [-0.39, 0.29) is 29.3 Å². The highest BCUT2D eigenvalue weighted by atomic mass is 16.6. The van der Waals surface area contributed by atoms with Crippen LogP contribution in [0.15, 0.2) is 29.1 Å². The van der Waals surface area contributed by atoms with Crippen molar-refractivity contribution in [3.63, 3.8) is 0 Å². The van der Waals surface area contributed by atoms with Gasteiger partial charge in [-0.2, -0.15) is 4.98 Å². The molecule has 9 nitrogen and oxygen atoms in total. The van der Waals surface area contributed by atoms with Gasteiger partial charge in [-0.25, -0.2) is 0 Å². The quantitative estimate of drug-likeness (QED) is 0.465. The van der Waals surface area contributed by atoms with Crippen LogP contribution in [-0.4, -0.2) is 21.0 Å². The van der Waals surface area contributed by atoms with Crippen LogP contribution in [0.4, 0.5) is 11.4 Å². The van der Waals surface area contributed by atoms with Crippen molar-refractivity contribution in [2.45, 2.75) is 6.54 Å². The van der Waals surface area contributed by atoms with Crippen LogP contribution in [-0.2, 0) is 6.54 Å². The number of nitrogens with one attached hydrogen (secondary N) is 1. The molecule has 0 fully saturated rings. The fourth-order valence-electron chi connectivity index (χ4n) is 1.42. The number of nitrogen functional groups attached to an aromatic ring is 1. The molecule has 0 radical (unpaired) electrons. The number of rotatable bonds is 4. The van der Waals surface area contributed by atoms with Crippen molar-refractivity contribution in [2.24, 2.45) is 0 Å². The van der Waals surface area contributed by atoms with Crippen molar-refractivity contribution in [3.05, 3.63) is 46.1 Å².